The van der Waals surface area contributed by atoms with E-state index in [2.05, 4.69) is 0 Å². The fraction of sp³-hybridized carbons (Fsp3) is 0.111. The van der Waals surface area contributed by atoms with Gasteiger partial charge in [0, 0.05) is 16.7 Å². The monoisotopic (exact) mass is 422 g/mol. The molecule has 0 atom stereocenters. The number of aryl methyl sites for hydroxylation is 1. The van der Waals surface area contributed by atoms with Crippen molar-refractivity contribution in [2.45, 2.75) is 6.92 Å². The zero-order valence-electron chi connectivity index (χ0n) is 18.1. The van der Waals surface area contributed by atoms with Crippen molar-refractivity contribution in [3.05, 3.63) is 84.6 Å². The third-order valence-corrected chi connectivity index (χ3v) is 5.50. The number of methoxy groups -OCH3 is 2. The summed E-state index contributed by atoms with van der Waals surface area (Å²) >= 11 is 0. The van der Waals surface area contributed by atoms with Gasteiger partial charge in [-0.05, 0) is 48.9 Å². The Labute approximate surface area is 186 Å². The second kappa shape index (κ2) is 8.19. The molecule has 0 spiro atoms. The average molecular weight is 422 g/mol. The number of hydrogen-bond acceptors (Lipinski definition) is 5. The normalized spacial score (nSPS) is 11.0. The van der Waals surface area contributed by atoms with Crippen LogP contribution in [0.2, 0.25) is 0 Å². The van der Waals surface area contributed by atoms with Gasteiger partial charge in [-0.3, -0.25) is 0 Å². The van der Waals surface area contributed by atoms with Crippen LogP contribution in [0.1, 0.15) is 5.69 Å². The second-order valence-corrected chi connectivity index (χ2v) is 7.44. The van der Waals surface area contributed by atoms with Gasteiger partial charge in [-0.1, -0.05) is 42.5 Å². The van der Waals surface area contributed by atoms with Crippen molar-refractivity contribution >= 4 is 11.1 Å². The lowest BCUT2D eigenvalue weighted by molar-refractivity contribution is 0.414. The smallest absolute Gasteiger partial charge is 0.231 e. The molecule has 32 heavy (non-hydrogen) atoms. The van der Waals surface area contributed by atoms with E-state index in [0.29, 0.717) is 11.5 Å². The zero-order valence-corrected chi connectivity index (χ0v) is 18.1. The zero-order chi connectivity index (χ0) is 22.1. The highest BCUT2D eigenvalue weighted by Gasteiger charge is 2.22. The van der Waals surface area contributed by atoms with Crippen LogP contribution in [0.3, 0.4) is 0 Å². The fourth-order valence-electron chi connectivity index (χ4n) is 3.86. The number of ether oxygens (including phenoxy) is 2. The highest BCUT2D eigenvalue weighted by Crippen LogP contribution is 2.42. The van der Waals surface area contributed by atoms with Crippen LogP contribution in [0.25, 0.3) is 44.9 Å². The number of benzene rings is 3. The van der Waals surface area contributed by atoms with Gasteiger partial charge in [0.05, 0.1) is 25.3 Å². The highest BCUT2D eigenvalue weighted by atomic mass is 16.5. The SMILES string of the molecule is COc1ccc(-c2oc3nc(-c4ccccc4)nc(C)c3c2-c2ccc(OC)cc2)cc1. The largest absolute Gasteiger partial charge is 0.497 e. The van der Waals surface area contributed by atoms with Crippen molar-refractivity contribution in [2.24, 2.45) is 0 Å². The minimum atomic E-state index is 0.563. The van der Waals surface area contributed by atoms with Crippen LogP contribution in [0.5, 0.6) is 11.5 Å². The van der Waals surface area contributed by atoms with Crippen LogP contribution in [0.4, 0.5) is 0 Å². The number of fused-ring (bicyclic) bond motifs is 1. The van der Waals surface area contributed by atoms with E-state index < -0.39 is 0 Å². The van der Waals surface area contributed by atoms with Gasteiger partial charge >= 0.3 is 0 Å². The van der Waals surface area contributed by atoms with Gasteiger partial charge in [0.1, 0.15) is 17.3 Å². The molecular weight excluding hydrogens is 400 g/mol. The quantitative estimate of drug-likeness (QED) is 0.321. The van der Waals surface area contributed by atoms with Crippen LogP contribution < -0.4 is 9.47 Å². The first-order valence-corrected chi connectivity index (χ1v) is 10.3. The standard InChI is InChI=1S/C27H22N2O3/c1-17-23-24(18-9-13-21(30-2)14-10-18)25(19-11-15-22(31-3)16-12-19)32-27(23)29-26(28-17)20-7-5-4-6-8-20/h4-16H,1-3H3. The van der Waals surface area contributed by atoms with Crippen LogP contribution >= 0.6 is 0 Å². The van der Waals surface area contributed by atoms with E-state index in [1.54, 1.807) is 14.2 Å². The Morgan fingerprint density at radius 1 is 0.656 bits per heavy atom. The summed E-state index contributed by atoms with van der Waals surface area (Å²) in [4.78, 5) is 9.59. The Bertz CT molecular complexity index is 1370. The van der Waals surface area contributed by atoms with Gasteiger partial charge < -0.3 is 13.9 Å². The molecule has 5 nitrogen and oxygen atoms in total. The Kier molecular flexibility index (Phi) is 5.07. The van der Waals surface area contributed by atoms with Crippen molar-refractivity contribution in [3.63, 3.8) is 0 Å². The summed E-state index contributed by atoms with van der Waals surface area (Å²) in [5.74, 6) is 2.98. The number of aromatic nitrogens is 2. The van der Waals surface area contributed by atoms with Gasteiger partial charge in [-0.2, -0.15) is 4.98 Å². The first-order chi connectivity index (χ1) is 15.7. The first kappa shape index (κ1) is 19.8. The van der Waals surface area contributed by atoms with Gasteiger partial charge in [-0.15, -0.1) is 0 Å². The lowest BCUT2D eigenvalue weighted by Gasteiger charge is -2.07. The number of nitrogens with zero attached hydrogens (tertiary/aromatic N) is 2. The number of furan rings is 1. The van der Waals surface area contributed by atoms with E-state index in [4.69, 9.17) is 23.9 Å². The molecule has 0 unspecified atom stereocenters. The maximum Gasteiger partial charge on any atom is 0.231 e. The van der Waals surface area contributed by atoms with Crippen molar-refractivity contribution in [1.29, 1.82) is 0 Å². The van der Waals surface area contributed by atoms with Crippen molar-refractivity contribution in [1.82, 2.24) is 9.97 Å². The molecule has 158 valence electrons. The summed E-state index contributed by atoms with van der Waals surface area (Å²) in [6, 6.07) is 25.7. The molecule has 2 heterocycles. The highest BCUT2D eigenvalue weighted by molar-refractivity contribution is 6.02. The Hall–Kier alpha value is -4.12. The van der Waals surface area contributed by atoms with E-state index in [9.17, 15) is 0 Å². The Morgan fingerprint density at radius 2 is 1.25 bits per heavy atom. The minimum absolute atomic E-state index is 0.563. The van der Waals surface area contributed by atoms with Crippen molar-refractivity contribution < 1.29 is 13.9 Å². The van der Waals surface area contributed by atoms with Gasteiger partial charge in [0.25, 0.3) is 0 Å². The summed E-state index contributed by atoms with van der Waals surface area (Å²) in [7, 11) is 3.32. The Morgan fingerprint density at radius 3 is 1.84 bits per heavy atom. The van der Waals surface area contributed by atoms with Crippen LogP contribution in [0, 0.1) is 6.92 Å². The predicted octanol–water partition coefficient (Wildman–Crippen LogP) is 6.55. The summed E-state index contributed by atoms with van der Waals surface area (Å²) in [5, 5.41) is 0.903. The molecule has 0 aliphatic carbocycles. The van der Waals surface area contributed by atoms with E-state index in [-0.39, 0.29) is 0 Å². The molecule has 0 bridgehead atoms. The molecule has 0 radical (unpaired) electrons. The maximum absolute atomic E-state index is 6.39. The average Bonchev–Trinajstić information content (AvgIpc) is 3.25. The topological polar surface area (TPSA) is 57.4 Å². The molecule has 0 aliphatic heterocycles. The fourth-order valence-corrected chi connectivity index (χ4v) is 3.86. The van der Waals surface area contributed by atoms with Crippen molar-refractivity contribution in [2.75, 3.05) is 14.2 Å². The van der Waals surface area contributed by atoms with Crippen LogP contribution in [-0.4, -0.2) is 24.2 Å². The molecule has 0 saturated heterocycles. The molecule has 3 aromatic carbocycles. The molecule has 0 aliphatic rings. The maximum atomic E-state index is 6.39. The molecule has 0 fully saturated rings. The lowest BCUT2D eigenvalue weighted by Crippen LogP contribution is -1.93. The summed E-state index contributed by atoms with van der Waals surface area (Å²) < 4.78 is 17.1. The first-order valence-electron chi connectivity index (χ1n) is 10.3. The van der Waals surface area contributed by atoms with Crippen LogP contribution in [0.15, 0.2) is 83.3 Å². The Balaban J connectivity index is 1.76. The molecule has 0 N–H and O–H groups in total. The molecular formula is C27H22N2O3. The van der Waals surface area contributed by atoms with Crippen LogP contribution in [-0.2, 0) is 0 Å². The molecule has 5 heteroatoms. The van der Waals surface area contributed by atoms with E-state index >= 15 is 0 Å². The van der Waals surface area contributed by atoms with E-state index in [1.165, 1.54) is 0 Å². The lowest BCUT2D eigenvalue weighted by atomic mass is 9.98. The van der Waals surface area contributed by atoms with Gasteiger partial charge in [-0.25, -0.2) is 4.98 Å². The van der Waals surface area contributed by atoms with E-state index in [1.807, 2.05) is 85.8 Å². The summed E-state index contributed by atoms with van der Waals surface area (Å²) in [6.45, 7) is 2.00. The van der Waals surface area contributed by atoms with Gasteiger partial charge in [0.15, 0.2) is 5.82 Å². The van der Waals surface area contributed by atoms with E-state index in [0.717, 1.165) is 50.6 Å². The molecule has 0 amide bonds. The third-order valence-electron chi connectivity index (χ3n) is 5.50. The van der Waals surface area contributed by atoms with Gasteiger partial charge in [0.2, 0.25) is 5.71 Å². The molecule has 5 rings (SSSR count). The second-order valence-electron chi connectivity index (χ2n) is 7.44. The minimum Gasteiger partial charge on any atom is -0.497 e. The third kappa shape index (κ3) is 3.48. The summed E-state index contributed by atoms with van der Waals surface area (Å²) in [6.07, 6.45) is 0. The molecule has 2 aromatic heterocycles. The molecule has 0 saturated carbocycles. The summed E-state index contributed by atoms with van der Waals surface area (Å²) in [5.41, 5.74) is 5.29. The number of rotatable bonds is 5. The number of hydrogen-bond donors (Lipinski definition) is 0. The van der Waals surface area contributed by atoms with Crippen molar-refractivity contribution in [3.8, 4) is 45.3 Å². The molecule has 5 aromatic rings. The predicted molar refractivity (Wildman–Crippen MR) is 126 cm³/mol.